The predicted octanol–water partition coefficient (Wildman–Crippen LogP) is 1.71. The maximum absolute atomic E-state index is 12.6. The van der Waals surface area contributed by atoms with Gasteiger partial charge in [0.15, 0.2) is 6.10 Å². The van der Waals surface area contributed by atoms with Crippen LogP contribution in [0.15, 0.2) is 22.7 Å². The number of aliphatic carboxylic acids is 1. The highest BCUT2D eigenvalue weighted by molar-refractivity contribution is 9.10. The number of benzene rings is 1. The van der Waals surface area contributed by atoms with Gasteiger partial charge in [-0.25, -0.2) is 9.18 Å². The van der Waals surface area contributed by atoms with Gasteiger partial charge in [0, 0.05) is 10.0 Å². The van der Waals surface area contributed by atoms with Gasteiger partial charge < -0.3 is 10.2 Å². The van der Waals surface area contributed by atoms with Gasteiger partial charge in [0.2, 0.25) is 0 Å². The van der Waals surface area contributed by atoms with Crippen molar-refractivity contribution >= 4 is 21.9 Å². The zero-order valence-electron chi connectivity index (χ0n) is 6.37. The monoisotopic (exact) mass is 248 g/mol. The molecule has 1 unspecified atom stereocenters. The SMILES string of the molecule is O=C(O)C(O)c1ccc(F)cc1Br. The summed E-state index contributed by atoms with van der Waals surface area (Å²) in [7, 11) is 0. The number of carboxylic acid groups (broad SMARTS) is 1. The van der Waals surface area contributed by atoms with Gasteiger partial charge in [-0.3, -0.25) is 0 Å². The van der Waals surface area contributed by atoms with Crippen LogP contribution < -0.4 is 0 Å². The number of aliphatic hydroxyl groups excluding tert-OH is 1. The Hall–Kier alpha value is -0.940. The van der Waals surface area contributed by atoms with E-state index in [9.17, 15) is 9.18 Å². The first-order valence-electron chi connectivity index (χ1n) is 3.38. The summed E-state index contributed by atoms with van der Waals surface area (Å²) in [6, 6.07) is 3.41. The second-order valence-electron chi connectivity index (χ2n) is 2.41. The van der Waals surface area contributed by atoms with Crippen molar-refractivity contribution in [1.82, 2.24) is 0 Å². The Kier molecular flexibility index (Phi) is 3.00. The predicted molar refractivity (Wildman–Crippen MR) is 46.7 cm³/mol. The van der Waals surface area contributed by atoms with E-state index in [-0.39, 0.29) is 10.0 Å². The van der Waals surface area contributed by atoms with E-state index in [0.29, 0.717) is 0 Å². The van der Waals surface area contributed by atoms with E-state index in [2.05, 4.69) is 15.9 Å². The van der Waals surface area contributed by atoms with Crippen LogP contribution in [0.2, 0.25) is 0 Å². The van der Waals surface area contributed by atoms with Crippen LogP contribution in [0.5, 0.6) is 0 Å². The third kappa shape index (κ3) is 2.26. The second kappa shape index (κ2) is 3.85. The van der Waals surface area contributed by atoms with Gasteiger partial charge in [0.1, 0.15) is 5.82 Å². The summed E-state index contributed by atoms with van der Waals surface area (Å²) in [6.07, 6.45) is -1.63. The van der Waals surface area contributed by atoms with Gasteiger partial charge in [0.05, 0.1) is 0 Å². The molecule has 0 saturated carbocycles. The molecular formula is C8H6BrFO3. The van der Waals surface area contributed by atoms with Crippen LogP contribution in [0.4, 0.5) is 4.39 Å². The van der Waals surface area contributed by atoms with Crippen molar-refractivity contribution in [3.05, 3.63) is 34.1 Å². The molecule has 0 saturated heterocycles. The Morgan fingerprint density at radius 1 is 1.54 bits per heavy atom. The Morgan fingerprint density at radius 3 is 2.62 bits per heavy atom. The van der Waals surface area contributed by atoms with Gasteiger partial charge in [0.25, 0.3) is 0 Å². The Labute approximate surface area is 81.9 Å². The van der Waals surface area contributed by atoms with Crippen molar-refractivity contribution in [2.45, 2.75) is 6.10 Å². The summed E-state index contributed by atoms with van der Waals surface area (Å²) in [5, 5.41) is 17.6. The molecule has 70 valence electrons. The van der Waals surface area contributed by atoms with Crippen molar-refractivity contribution in [2.24, 2.45) is 0 Å². The molecule has 1 rings (SSSR count). The average Bonchev–Trinajstić information content (AvgIpc) is 2.03. The fourth-order valence-corrected chi connectivity index (χ4v) is 1.42. The normalized spacial score (nSPS) is 12.5. The summed E-state index contributed by atoms with van der Waals surface area (Å²) in [5.74, 6) is -1.86. The standard InChI is InChI=1S/C8H6BrFO3/c9-6-3-4(10)1-2-5(6)7(11)8(12)13/h1-3,7,11H,(H,12,13). The lowest BCUT2D eigenvalue weighted by atomic mass is 10.1. The van der Waals surface area contributed by atoms with E-state index in [1.54, 1.807) is 0 Å². The van der Waals surface area contributed by atoms with Crippen LogP contribution in [0, 0.1) is 5.82 Å². The largest absolute Gasteiger partial charge is 0.479 e. The van der Waals surface area contributed by atoms with Crippen LogP contribution in [-0.4, -0.2) is 16.2 Å². The summed E-state index contributed by atoms with van der Waals surface area (Å²) in [4.78, 5) is 10.4. The van der Waals surface area contributed by atoms with Crippen LogP contribution >= 0.6 is 15.9 Å². The fraction of sp³-hybridized carbons (Fsp3) is 0.125. The minimum Gasteiger partial charge on any atom is -0.479 e. The highest BCUT2D eigenvalue weighted by Gasteiger charge is 2.18. The Morgan fingerprint density at radius 2 is 2.15 bits per heavy atom. The minimum atomic E-state index is -1.63. The molecule has 0 bridgehead atoms. The summed E-state index contributed by atoms with van der Waals surface area (Å²) in [5.41, 5.74) is 0.133. The molecule has 0 aliphatic heterocycles. The molecule has 0 fully saturated rings. The molecular weight excluding hydrogens is 243 g/mol. The third-order valence-corrected chi connectivity index (χ3v) is 2.18. The maximum Gasteiger partial charge on any atom is 0.337 e. The van der Waals surface area contributed by atoms with Crippen molar-refractivity contribution in [1.29, 1.82) is 0 Å². The van der Waals surface area contributed by atoms with Crippen molar-refractivity contribution in [3.8, 4) is 0 Å². The number of aliphatic hydroxyl groups is 1. The molecule has 0 radical (unpaired) electrons. The number of carbonyl (C=O) groups is 1. The molecule has 0 spiro atoms. The molecule has 0 amide bonds. The van der Waals surface area contributed by atoms with E-state index in [1.165, 1.54) is 6.07 Å². The third-order valence-electron chi connectivity index (χ3n) is 1.49. The van der Waals surface area contributed by atoms with E-state index >= 15 is 0 Å². The Balaban J connectivity index is 3.08. The smallest absolute Gasteiger partial charge is 0.337 e. The Bertz CT molecular complexity index is 340. The molecule has 3 nitrogen and oxygen atoms in total. The maximum atomic E-state index is 12.6. The highest BCUT2D eigenvalue weighted by atomic mass is 79.9. The molecule has 0 heterocycles. The number of hydrogen-bond donors (Lipinski definition) is 2. The first-order valence-corrected chi connectivity index (χ1v) is 4.17. The molecule has 0 aliphatic carbocycles. The lowest BCUT2D eigenvalue weighted by Gasteiger charge is -2.07. The number of rotatable bonds is 2. The topological polar surface area (TPSA) is 57.5 Å². The average molecular weight is 249 g/mol. The molecule has 5 heteroatoms. The molecule has 13 heavy (non-hydrogen) atoms. The first kappa shape index (κ1) is 10.1. The quantitative estimate of drug-likeness (QED) is 0.838. The van der Waals surface area contributed by atoms with E-state index in [0.717, 1.165) is 12.1 Å². The van der Waals surface area contributed by atoms with Gasteiger partial charge in [-0.1, -0.05) is 22.0 Å². The minimum absolute atomic E-state index is 0.133. The first-order chi connectivity index (χ1) is 6.02. The molecule has 0 aliphatic rings. The van der Waals surface area contributed by atoms with Gasteiger partial charge in [-0.15, -0.1) is 0 Å². The second-order valence-corrected chi connectivity index (χ2v) is 3.26. The zero-order valence-corrected chi connectivity index (χ0v) is 7.95. The van der Waals surface area contributed by atoms with Gasteiger partial charge in [-0.05, 0) is 12.1 Å². The van der Waals surface area contributed by atoms with E-state index in [1.807, 2.05) is 0 Å². The summed E-state index contributed by atoms with van der Waals surface area (Å²) < 4.78 is 12.8. The molecule has 0 aromatic heterocycles. The van der Waals surface area contributed by atoms with Crippen LogP contribution in [0.25, 0.3) is 0 Å². The van der Waals surface area contributed by atoms with Crippen LogP contribution in [0.1, 0.15) is 11.7 Å². The number of carboxylic acids is 1. The zero-order chi connectivity index (χ0) is 10.0. The number of hydrogen-bond acceptors (Lipinski definition) is 2. The van der Waals surface area contributed by atoms with Gasteiger partial charge >= 0.3 is 5.97 Å². The molecule has 2 N–H and O–H groups in total. The summed E-state index contributed by atoms with van der Waals surface area (Å²) in [6.45, 7) is 0. The molecule has 1 atom stereocenters. The van der Waals surface area contributed by atoms with Gasteiger partial charge in [-0.2, -0.15) is 0 Å². The summed E-state index contributed by atoms with van der Waals surface area (Å²) >= 11 is 2.95. The lowest BCUT2D eigenvalue weighted by Crippen LogP contribution is -2.11. The lowest BCUT2D eigenvalue weighted by molar-refractivity contribution is -0.147. The van der Waals surface area contributed by atoms with E-state index < -0.39 is 17.9 Å². The number of halogens is 2. The van der Waals surface area contributed by atoms with E-state index in [4.69, 9.17) is 10.2 Å². The van der Waals surface area contributed by atoms with Crippen LogP contribution in [-0.2, 0) is 4.79 Å². The fourth-order valence-electron chi connectivity index (χ4n) is 0.856. The van der Waals surface area contributed by atoms with Crippen molar-refractivity contribution in [2.75, 3.05) is 0 Å². The highest BCUT2D eigenvalue weighted by Crippen LogP contribution is 2.24. The molecule has 1 aromatic carbocycles. The van der Waals surface area contributed by atoms with Crippen molar-refractivity contribution in [3.63, 3.8) is 0 Å². The molecule has 1 aromatic rings. The van der Waals surface area contributed by atoms with Crippen molar-refractivity contribution < 1.29 is 19.4 Å². The van der Waals surface area contributed by atoms with Crippen LogP contribution in [0.3, 0.4) is 0 Å².